The Morgan fingerprint density at radius 2 is 1.85 bits per heavy atom. The number of halogens is 1. The topological polar surface area (TPSA) is 81.7 Å². The van der Waals surface area contributed by atoms with E-state index in [1.807, 2.05) is 0 Å². The molecular formula is C19H18BrNO5. The number of carbonyl (C=O) groups is 3. The number of anilines is 1. The Morgan fingerprint density at radius 3 is 2.50 bits per heavy atom. The number of methoxy groups -OCH3 is 1. The standard InChI is InChI=1S/C19H18BrNO5/c1-11(22)13-5-4-6-14(9-13)21-18(23)12(2)26-19(24)16-10-15(25-3)7-8-17(16)20/h4-10,12H,1-3H3,(H,21,23)/t12-/m0/s1. The lowest BCUT2D eigenvalue weighted by molar-refractivity contribution is -0.123. The minimum absolute atomic E-state index is 0.108. The zero-order valence-corrected chi connectivity index (χ0v) is 16.1. The molecule has 136 valence electrons. The molecule has 1 amide bonds. The lowest BCUT2D eigenvalue weighted by Gasteiger charge is -2.15. The fraction of sp³-hybridized carbons (Fsp3) is 0.211. The Labute approximate surface area is 159 Å². The number of hydrogen-bond acceptors (Lipinski definition) is 5. The van der Waals surface area contributed by atoms with Crippen molar-refractivity contribution >= 4 is 39.3 Å². The van der Waals surface area contributed by atoms with Gasteiger partial charge < -0.3 is 14.8 Å². The van der Waals surface area contributed by atoms with Crippen LogP contribution in [0.5, 0.6) is 5.75 Å². The SMILES string of the molecule is COc1ccc(Br)c(C(=O)O[C@@H](C)C(=O)Nc2cccc(C(C)=O)c2)c1. The van der Waals surface area contributed by atoms with E-state index in [0.29, 0.717) is 21.5 Å². The molecule has 0 fully saturated rings. The Hall–Kier alpha value is -2.67. The molecule has 6 nitrogen and oxygen atoms in total. The quantitative estimate of drug-likeness (QED) is 0.567. The van der Waals surface area contributed by atoms with Gasteiger partial charge in [-0.15, -0.1) is 0 Å². The van der Waals surface area contributed by atoms with Crippen LogP contribution in [0.2, 0.25) is 0 Å². The molecule has 0 saturated carbocycles. The van der Waals surface area contributed by atoms with Gasteiger partial charge in [-0.25, -0.2) is 4.79 Å². The van der Waals surface area contributed by atoms with Crippen molar-refractivity contribution in [2.24, 2.45) is 0 Å². The average Bonchev–Trinajstić information content (AvgIpc) is 2.62. The minimum atomic E-state index is -1.03. The summed E-state index contributed by atoms with van der Waals surface area (Å²) >= 11 is 3.27. The molecule has 1 N–H and O–H groups in total. The molecule has 0 aliphatic rings. The van der Waals surface area contributed by atoms with Gasteiger partial charge in [0.2, 0.25) is 0 Å². The molecule has 26 heavy (non-hydrogen) atoms. The van der Waals surface area contributed by atoms with Crippen LogP contribution in [0, 0.1) is 0 Å². The van der Waals surface area contributed by atoms with E-state index in [2.05, 4.69) is 21.2 Å². The molecule has 7 heteroatoms. The third kappa shape index (κ3) is 4.92. The highest BCUT2D eigenvalue weighted by atomic mass is 79.9. The van der Waals surface area contributed by atoms with Gasteiger partial charge in [0.1, 0.15) is 5.75 Å². The fourth-order valence-electron chi connectivity index (χ4n) is 2.13. The highest BCUT2D eigenvalue weighted by Gasteiger charge is 2.21. The molecule has 0 heterocycles. The fourth-order valence-corrected chi connectivity index (χ4v) is 2.53. The third-order valence-electron chi connectivity index (χ3n) is 3.58. The van der Waals surface area contributed by atoms with Gasteiger partial charge >= 0.3 is 5.97 Å². The van der Waals surface area contributed by atoms with E-state index in [1.54, 1.807) is 36.4 Å². The van der Waals surface area contributed by atoms with Crippen LogP contribution in [0.15, 0.2) is 46.9 Å². The Morgan fingerprint density at radius 1 is 1.12 bits per heavy atom. The number of hydrogen-bond donors (Lipinski definition) is 1. The number of Topliss-reactive ketones (excluding diaryl/α,β-unsaturated/α-hetero) is 1. The van der Waals surface area contributed by atoms with Crippen molar-refractivity contribution in [2.45, 2.75) is 20.0 Å². The zero-order chi connectivity index (χ0) is 19.3. The summed E-state index contributed by atoms with van der Waals surface area (Å²) in [6.07, 6.45) is -1.03. The van der Waals surface area contributed by atoms with E-state index in [0.717, 1.165) is 0 Å². The molecule has 2 aromatic carbocycles. The van der Waals surface area contributed by atoms with Crippen molar-refractivity contribution < 1.29 is 23.9 Å². The molecule has 0 radical (unpaired) electrons. The van der Waals surface area contributed by atoms with Crippen LogP contribution in [0.3, 0.4) is 0 Å². The van der Waals surface area contributed by atoms with Crippen molar-refractivity contribution in [3.05, 3.63) is 58.1 Å². The highest BCUT2D eigenvalue weighted by Crippen LogP contribution is 2.23. The van der Waals surface area contributed by atoms with Gasteiger partial charge in [0.25, 0.3) is 5.91 Å². The number of nitrogens with one attached hydrogen (secondary N) is 1. The molecule has 0 aromatic heterocycles. The van der Waals surface area contributed by atoms with Crippen LogP contribution in [-0.4, -0.2) is 30.9 Å². The number of benzene rings is 2. The predicted octanol–water partition coefficient (Wildman–Crippen LogP) is 3.84. The van der Waals surface area contributed by atoms with Crippen molar-refractivity contribution in [3.8, 4) is 5.75 Å². The van der Waals surface area contributed by atoms with Crippen LogP contribution in [0.4, 0.5) is 5.69 Å². The van der Waals surface area contributed by atoms with E-state index in [4.69, 9.17) is 9.47 Å². The number of ether oxygens (including phenoxy) is 2. The molecule has 0 aliphatic carbocycles. The van der Waals surface area contributed by atoms with Crippen LogP contribution in [0.25, 0.3) is 0 Å². The lowest BCUT2D eigenvalue weighted by atomic mass is 10.1. The molecule has 0 spiro atoms. The molecule has 1 atom stereocenters. The first-order chi connectivity index (χ1) is 12.3. The lowest BCUT2D eigenvalue weighted by Crippen LogP contribution is -2.30. The summed E-state index contributed by atoms with van der Waals surface area (Å²) in [6, 6.07) is 11.4. The van der Waals surface area contributed by atoms with Gasteiger partial charge in [-0.1, -0.05) is 12.1 Å². The first kappa shape index (κ1) is 19.7. The molecule has 0 saturated heterocycles. The van der Waals surface area contributed by atoms with Gasteiger partial charge in [0.05, 0.1) is 12.7 Å². The van der Waals surface area contributed by atoms with Gasteiger partial charge in [0, 0.05) is 15.7 Å². The van der Waals surface area contributed by atoms with E-state index in [-0.39, 0.29) is 11.3 Å². The first-order valence-corrected chi connectivity index (χ1v) is 8.57. The number of ketones is 1. The molecule has 2 aromatic rings. The molecular weight excluding hydrogens is 402 g/mol. The summed E-state index contributed by atoms with van der Waals surface area (Å²) in [4.78, 5) is 36.0. The van der Waals surface area contributed by atoms with Crippen LogP contribution in [0.1, 0.15) is 34.6 Å². The second-order valence-electron chi connectivity index (χ2n) is 5.52. The largest absolute Gasteiger partial charge is 0.497 e. The number of amides is 1. The van der Waals surface area contributed by atoms with Gasteiger partial charge in [-0.05, 0) is 60.1 Å². The van der Waals surface area contributed by atoms with Crippen molar-refractivity contribution in [3.63, 3.8) is 0 Å². The van der Waals surface area contributed by atoms with Crippen LogP contribution >= 0.6 is 15.9 Å². The molecule has 0 unspecified atom stereocenters. The monoisotopic (exact) mass is 419 g/mol. The second-order valence-corrected chi connectivity index (χ2v) is 6.37. The summed E-state index contributed by atoms with van der Waals surface area (Å²) in [5, 5.41) is 2.63. The normalized spacial score (nSPS) is 11.4. The summed E-state index contributed by atoms with van der Waals surface area (Å²) in [5.74, 6) is -0.768. The van der Waals surface area contributed by atoms with E-state index in [1.165, 1.54) is 27.0 Å². The number of esters is 1. The highest BCUT2D eigenvalue weighted by molar-refractivity contribution is 9.10. The van der Waals surface area contributed by atoms with E-state index < -0.39 is 18.0 Å². The average molecular weight is 420 g/mol. The summed E-state index contributed by atoms with van der Waals surface area (Å²) < 4.78 is 10.8. The smallest absolute Gasteiger partial charge is 0.340 e. The second kappa shape index (κ2) is 8.62. The van der Waals surface area contributed by atoms with Gasteiger partial charge in [-0.3, -0.25) is 9.59 Å². The maximum Gasteiger partial charge on any atom is 0.340 e. The molecule has 0 aliphatic heterocycles. The zero-order valence-electron chi connectivity index (χ0n) is 14.5. The Bertz CT molecular complexity index is 850. The first-order valence-electron chi connectivity index (χ1n) is 7.78. The predicted molar refractivity (Wildman–Crippen MR) is 101 cm³/mol. The Kier molecular flexibility index (Phi) is 6.52. The maximum atomic E-state index is 12.3. The van der Waals surface area contributed by atoms with Crippen LogP contribution in [-0.2, 0) is 9.53 Å². The Balaban J connectivity index is 2.06. The summed E-state index contributed by atoms with van der Waals surface area (Å²) in [7, 11) is 1.49. The number of rotatable bonds is 6. The van der Waals surface area contributed by atoms with E-state index >= 15 is 0 Å². The minimum Gasteiger partial charge on any atom is -0.497 e. The third-order valence-corrected chi connectivity index (χ3v) is 4.27. The summed E-state index contributed by atoms with van der Waals surface area (Å²) in [5.41, 5.74) is 1.18. The number of carbonyl (C=O) groups excluding carboxylic acids is 3. The summed E-state index contributed by atoms with van der Waals surface area (Å²) in [6.45, 7) is 2.91. The van der Waals surface area contributed by atoms with Gasteiger partial charge in [0.15, 0.2) is 11.9 Å². The van der Waals surface area contributed by atoms with Crippen molar-refractivity contribution in [1.82, 2.24) is 0 Å². The van der Waals surface area contributed by atoms with Crippen LogP contribution < -0.4 is 10.1 Å². The van der Waals surface area contributed by atoms with Crippen molar-refractivity contribution in [1.29, 1.82) is 0 Å². The van der Waals surface area contributed by atoms with E-state index in [9.17, 15) is 14.4 Å². The molecule has 2 rings (SSSR count). The van der Waals surface area contributed by atoms with Crippen molar-refractivity contribution in [2.75, 3.05) is 12.4 Å². The molecule has 0 bridgehead atoms. The van der Waals surface area contributed by atoms with Gasteiger partial charge in [-0.2, -0.15) is 0 Å². The maximum absolute atomic E-state index is 12.3.